The zero-order valence-electron chi connectivity index (χ0n) is 11.1. The summed E-state index contributed by atoms with van der Waals surface area (Å²) in [5.41, 5.74) is 1.50. The van der Waals surface area contributed by atoms with E-state index < -0.39 is 12.7 Å². The lowest BCUT2D eigenvalue weighted by atomic mass is 10.3. The van der Waals surface area contributed by atoms with Crippen LogP contribution >= 0.6 is 11.3 Å². The summed E-state index contributed by atoms with van der Waals surface area (Å²) in [7, 11) is 1.44. The maximum atomic E-state index is 12.5. The summed E-state index contributed by atoms with van der Waals surface area (Å²) >= 11 is 1.26. The quantitative estimate of drug-likeness (QED) is 0.861. The molecule has 20 heavy (non-hydrogen) atoms. The van der Waals surface area contributed by atoms with Gasteiger partial charge in [0.25, 0.3) is 0 Å². The fraction of sp³-hybridized carbons (Fsp3) is 0.385. The van der Waals surface area contributed by atoms with E-state index in [9.17, 15) is 13.2 Å². The second kappa shape index (κ2) is 5.78. The SMILES string of the molecule is CCc1nc(-c2cccnc2)sc1N(C)CC(F)(F)F. The summed E-state index contributed by atoms with van der Waals surface area (Å²) < 4.78 is 37.5. The van der Waals surface area contributed by atoms with Crippen molar-refractivity contribution in [3.63, 3.8) is 0 Å². The van der Waals surface area contributed by atoms with Crippen molar-refractivity contribution in [1.82, 2.24) is 9.97 Å². The Morgan fingerprint density at radius 3 is 2.65 bits per heavy atom. The highest BCUT2D eigenvalue weighted by atomic mass is 32.1. The Labute approximate surface area is 119 Å². The van der Waals surface area contributed by atoms with Gasteiger partial charge in [-0.15, -0.1) is 0 Å². The van der Waals surface area contributed by atoms with Gasteiger partial charge in [-0.25, -0.2) is 4.98 Å². The number of alkyl halides is 3. The van der Waals surface area contributed by atoms with Crippen LogP contribution in [0.3, 0.4) is 0 Å². The Balaban J connectivity index is 2.32. The van der Waals surface area contributed by atoms with E-state index >= 15 is 0 Å². The molecule has 2 aromatic rings. The highest BCUT2D eigenvalue weighted by Gasteiger charge is 2.31. The first-order valence-corrected chi connectivity index (χ1v) is 6.90. The summed E-state index contributed by atoms with van der Waals surface area (Å²) in [6.07, 6.45) is -0.327. The molecule has 0 N–H and O–H groups in total. The number of pyridine rings is 1. The van der Waals surface area contributed by atoms with E-state index in [4.69, 9.17) is 0 Å². The van der Waals surface area contributed by atoms with Crippen LogP contribution in [0.2, 0.25) is 0 Å². The number of aryl methyl sites for hydroxylation is 1. The first-order chi connectivity index (χ1) is 9.40. The summed E-state index contributed by atoms with van der Waals surface area (Å²) in [4.78, 5) is 9.63. The molecule has 2 aromatic heterocycles. The summed E-state index contributed by atoms with van der Waals surface area (Å²) in [6, 6.07) is 3.63. The molecule has 0 unspecified atom stereocenters. The number of rotatable bonds is 4. The summed E-state index contributed by atoms with van der Waals surface area (Å²) in [5.74, 6) is 0. The van der Waals surface area contributed by atoms with Crippen LogP contribution in [0.4, 0.5) is 18.2 Å². The van der Waals surface area contributed by atoms with Crippen LogP contribution in [0.1, 0.15) is 12.6 Å². The van der Waals surface area contributed by atoms with E-state index in [0.717, 1.165) is 5.56 Å². The number of anilines is 1. The van der Waals surface area contributed by atoms with Crippen molar-refractivity contribution in [3.05, 3.63) is 30.2 Å². The first kappa shape index (κ1) is 14.8. The molecule has 0 aromatic carbocycles. The Hall–Kier alpha value is -1.63. The van der Waals surface area contributed by atoms with Crippen LogP contribution in [-0.2, 0) is 6.42 Å². The topological polar surface area (TPSA) is 29.0 Å². The molecule has 0 aliphatic heterocycles. The lowest BCUT2D eigenvalue weighted by Gasteiger charge is -2.19. The maximum Gasteiger partial charge on any atom is 0.405 e. The molecular formula is C13H14F3N3S. The molecule has 0 aliphatic rings. The fourth-order valence-electron chi connectivity index (χ4n) is 1.83. The van der Waals surface area contributed by atoms with Crippen LogP contribution < -0.4 is 4.90 Å². The van der Waals surface area contributed by atoms with Crippen LogP contribution in [0.15, 0.2) is 24.5 Å². The van der Waals surface area contributed by atoms with Gasteiger partial charge in [-0.1, -0.05) is 18.3 Å². The van der Waals surface area contributed by atoms with Crippen LogP contribution in [0.5, 0.6) is 0 Å². The monoisotopic (exact) mass is 301 g/mol. The standard InChI is InChI=1S/C13H14F3N3S/c1-3-10-12(19(2)8-13(14,15)16)20-11(18-10)9-5-4-6-17-7-9/h4-7H,3,8H2,1-2H3. The number of aromatic nitrogens is 2. The molecule has 2 heterocycles. The molecule has 0 radical (unpaired) electrons. The highest BCUT2D eigenvalue weighted by molar-refractivity contribution is 7.19. The number of halogens is 3. The number of hydrogen-bond acceptors (Lipinski definition) is 4. The smallest absolute Gasteiger partial charge is 0.356 e. The van der Waals surface area contributed by atoms with E-state index in [1.54, 1.807) is 18.5 Å². The van der Waals surface area contributed by atoms with Gasteiger partial charge in [-0.2, -0.15) is 13.2 Å². The van der Waals surface area contributed by atoms with Crippen molar-refractivity contribution in [2.24, 2.45) is 0 Å². The average molecular weight is 301 g/mol. The molecule has 0 spiro atoms. The fourth-order valence-corrected chi connectivity index (χ4v) is 2.93. The maximum absolute atomic E-state index is 12.5. The predicted molar refractivity (Wildman–Crippen MR) is 74.0 cm³/mol. The van der Waals surface area contributed by atoms with Crippen molar-refractivity contribution in [1.29, 1.82) is 0 Å². The van der Waals surface area contributed by atoms with E-state index in [0.29, 0.717) is 22.1 Å². The van der Waals surface area contributed by atoms with Gasteiger partial charge in [0.15, 0.2) is 0 Å². The normalized spacial score (nSPS) is 11.7. The molecule has 0 saturated carbocycles. The van der Waals surface area contributed by atoms with E-state index in [-0.39, 0.29) is 0 Å². The van der Waals surface area contributed by atoms with Gasteiger partial charge in [-0.3, -0.25) is 4.98 Å². The molecule has 7 heteroatoms. The van der Waals surface area contributed by atoms with Crippen LogP contribution in [0.25, 0.3) is 10.6 Å². The van der Waals surface area contributed by atoms with E-state index in [2.05, 4.69) is 9.97 Å². The minimum absolute atomic E-state index is 0.559. The van der Waals surface area contributed by atoms with Gasteiger partial charge in [0.05, 0.1) is 5.69 Å². The largest absolute Gasteiger partial charge is 0.405 e. The second-order valence-electron chi connectivity index (χ2n) is 4.34. The molecule has 0 saturated heterocycles. The molecular weight excluding hydrogens is 287 g/mol. The average Bonchev–Trinajstić information content (AvgIpc) is 2.82. The van der Waals surface area contributed by atoms with Crippen molar-refractivity contribution in [2.75, 3.05) is 18.5 Å². The Morgan fingerprint density at radius 1 is 1.35 bits per heavy atom. The van der Waals surface area contributed by atoms with Gasteiger partial charge < -0.3 is 4.90 Å². The molecule has 0 bridgehead atoms. The van der Waals surface area contributed by atoms with Crippen molar-refractivity contribution >= 4 is 16.3 Å². The summed E-state index contributed by atoms with van der Waals surface area (Å²) in [6.45, 7) is 0.904. The molecule has 2 rings (SSSR count). The molecule has 108 valence electrons. The van der Waals surface area contributed by atoms with Crippen LogP contribution in [0, 0.1) is 0 Å². The third kappa shape index (κ3) is 3.47. The minimum atomic E-state index is -4.22. The zero-order valence-corrected chi connectivity index (χ0v) is 11.9. The Kier molecular flexibility index (Phi) is 4.27. The van der Waals surface area contributed by atoms with Crippen LogP contribution in [-0.4, -0.2) is 29.7 Å². The number of thiazole rings is 1. The highest BCUT2D eigenvalue weighted by Crippen LogP contribution is 2.35. The second-order valence-corrected chi connectivity index (χ2v) is 5.31. The van der Waals surface area contributed by atoms with Gasteiger partial charge in [0, 0.05) is 25.0 Å². The van der Waals surface area contributed by atoms with Gasteiger partial charge in [-0.05, 0) is 18.6 Å². The molecule has 3 nitrogen and oxygen atoms in total. The minimum Gasteiger partial charge on any atom is -0.356 e. The molecule has 0 aliphatic carbocycles. The van der Waals surface area contributed by atoms with E-state index in [1.807, 2.05) is 13.0 Å². The molecule has 0 atom stereocenters. The van der Waals surface area contributed by atoms with Gasteiger partial charge in [0.2, 0.25) is 0 Å². The first-order valence-electron chi connectivity index (χ1n) is 6.08. The Morgan fingerprint density at radius 2 is 2.10 bits per heavy atom. The van der Waals surface area contributed by atoms with Gasteiger partial charge in [0.1, 0.15) is 16.6 Å². The van der Waals surface area contributed by atoms with Gasteiger partial charge >= 0.3 is 6.18 Å². The third-order valence-electron chi connectivity index (χ3n) is 2.68. The van der Waals surface area contributed by atoms with Crippen molar-refractivity contribution < 1.29 is 13.2 Å². The van der Waals surface area contributed by atoms with Crippen molar-refractivity contribution in [2.45, 2.75) is 19.5 Å². The zero-order chi connectivity index (χ0) is 14.8. The molecule has 0 fully saturated rings. The molecule has 0 amide bonds. The van der Waals surface area contributed by atoms with Crippen molar-refractivity contribution in [3.8, 4) is 10.6 Å². The number of hydrogen-bond donors (Lipinski definition) is 0. The summed E-state index contributed by atoms with van der Waals surface area (Å²) in [5, 5.41) is 1.25. The predicted octanol–water partition coefficient (Wildman–Crippen LogP) is 3.77. The van der Waals surface area contributed by atoms with E-state index in [1.165, 1.54) is 23.3 Å². The third-order valence-corrected chi connectivity index (χ3v) is 3.94. The lowest BCUT2D eigenvalue weighted by Crippen LogP contribution is -2.30. The number of nitrogens with zero attached hydrogens (tertiary/aromatic N) is 3. The Bertz CT molecular complexity index is 566. The lowest BCUT2D eigenvalue weighted by molar-refractivity contribution is -0.119.